The van der Waals surface area contributed by atoms with E-state index in [1.165, 1.54) is 0 Å². The third kappa shape index (κ3) is 1.91. The van der Waals surface area contributed by atoms with Gasteiger partial charge in [0.2, 0.25) is 0 Å². The number of rotatable bonds is 1. The van der Waals surface area contributed by atoms with E-state index in [1.807, 2.05) is 6.20 Å². The number of aromatic nitrogens is 2. The molecule has 0 spiro atoms. The number of nitrogens with zero attached hydrogens (tertiary/aromatic N) is 2. The van der Waals surface area contributed by atoms with Crippen molar-refractivity contribution in [1.29, 1.82) is 0 Å². The quantitative estimate of drug-likeness (QED) is 0.816. The van der Waals surface area contributed by atoms with E-state index < -0.39 is 6.17 Å². The van der Waals surface area contributed by atoms with Crippen LogP contribution in [0, 0.1) is 0 Å². The molecule has 3 nitrogen and oxygen atoms in total. The lowest BCUT2D eigenvalue weighted by atomic mass is 10.1. The zero-order valence-electron chi connectivity index (χ0n) is 7.08. The topological polar surface area (TPSA) is 29.9 Å². The minimum absolute atomic E-state index is 0.104. The Hall–Kier alpha value is -0.420. The fourth-order valence-corrected chi connectivity index (χ4v) is 1.90. The first-order valence-corrected chi connectivity index (χ1v) is 5.11. The van der Waals surface area contributed by atoms with Crippen molar-refractivity contribution >= 4 is 15.9 Å². The third-order valence-corrected chi connectivity index (χ3v) is 2.69. The lowest BCUT2D eigenvalue weighted by molar-refractivity contribution is 0.173. The number of alkyl halides is 1. The van der Waals surface area contributed by atoms with Crippen molar-refractivity contribution in [1.82, 2.24) is 15.1 Å². The first-order chi connectivity index (χ1) is 6.27. The molecule has 1 saturated heterocycles. The summed E-state index contributed by atoms with van der Waals surface area (Å²) in [4.78, 5) is 0. The highest BCUT2D eigenvalue weighted by molar-refractivity contribution is 9.10. The molecule has 0 aliphatic carbocycles. The summed E-state index contributed by atoms with van der Waals surface area (Å²) in [6, 6.07) is -0.104. The van der Waals surface area contributed by atoms with Crippen LogP contribution in [0.2, 0.25) is 0 Å². The van der Waals surface area contributed by atoms with Gasteiger partial charge in [-0.3, -0.25) is 4.68 Å². The summed E-state index contributed by atoms with van der Waals surface area (Å²) in [5.41, 5.74) is 0. The van der Waals surface area contributed by atoms with E-state index in [-0.39, 0.29) is 6.04 Å². The highest BCUT2D eigenvalue weighted by atomic mass is 79.9. The number of halogens is 2. The largest absolute Gasteiger partial charge is 0.314 e. The lowest BCUT2D eigenvalue weighted by Crippen LogP contribution is -2.39. The van der Waals surface area contributed by atoms with Gasteiger partial charge in [0.1, 0.15) is 6.17 Å². The predicted octanol–water partition coefficient (Wildman–Crippen LogP) is 1.52. The first kappa shape index (κ1) is 9.15. The molecule has 0 bridgehead atoms. The van der Waals surface area contributed by atoms with Crippen LogP contribution in [0.1, 0.15) is 12.5 Å². The molecule has 0 amide bonds. The second-order valence-electron chi connectivity index (χ2n) is 3.21. The van der Waals surface area contributed by atoms with Crippen molar-refractivity contribution in [2.45, 2.75) is 18.6 Å². The molecule has 2 rings (SSSR count). The molecular weight excluding hydrogens is 237 g/mol. The van der Waals surface area contributed by atoms with Gasteiger partial charge in [0.25, 0.3) is 0 Å². The van der Waals surface area contributed by atoms with Crippen LogP contribution >= 0.6 is 15.9 Å². The normalized spacial score (nSPS) is 29.1. The van der Waals surface area contributed by atoms with Crippen LogP contribution in [0.25, 0.3) is 0 Å². The van der Waals surface area contributed by atoms with Gasteiger partial charge in [-0.2, -0.15) is 5.10 Å². The number of piperidine rings is 1. The van der Waals surface area contributed by atoms with Crippen molar-refractivity contribution in [3.63, 3.8) is 0 Å². The van der Waals surface area contributed by atoms with Crippen LogP contribution in [0.5, 0.6) is 0 Å². The van der Waals surface area contributed by atoms with E-state index in [2.05, 4.69) is 26.3 Å². The summed E-state index contributed by atoms with van der Waals surface area (Å²) < 4.78 is 16.0. The van der Waals surface area contributed by atoms with Crippen molar-refractivity contribution < 1.29 is 4.39 Å². The monoisotopic (exact) mass is 247 g/mol. The first-order valence-electron chi connectivity index (χ1n) is 4.32. The van der Waals surface area contributed by atoms with E-state index in [9.17, 15) is 4.39 Å². The van der Waals surface area contributed by atoms with E-state index in [0.717, 1.165) is 17.4 Å². The fourth-order valence-electron chi connectivity index (χ4n) is 1.60. The average Bonchev–Trinajstić information content (AvgIpc) is 2.53. The average molecular weight is 248 g/mol. The van der Waals surface area contributed by atoms with Gasteiger partial charge in [0.15, 0.2) is 0 Å². The smallest absolute Gasteiger partial charge is 0.135 e. The van der Waals surface area contributed by atoms with Gasteiger partial charge in [0.05, 0.1) is 16.7 Å². The Labute approximate surface area is 84.4 Å². The van der Waals surface area contributed by atoms with E-state index in [1.54, 1.807) is 10.9 Å². The minimum Gasteiger partial charge on any atom is -0.314 e. The summed E-state index contributed by atoms with van der Waals surface area (Å²) in [6.45, 7) is 1.30. The Morgan fingerprint density at radius 1 is 1.69 bits per heavy atom. The van der Waals surface area contributed by atoms with Crippen molar-refractivity contribution in [3.05, 3.63) is 16.9 Å². The van der Waals surface area contributed by atoms with Gasteiger partial charge >= 0.3 is 0 Å². The predicted molar refractivity (Wildman–Crippen MR) is 51.3 cm³/mol. The molecule has 2 unspecified atom stereocenters. The zero-order chi connectivity index (χ0) is 9.26. The molecule has 0 radical (unpaired) electrons. The molecular formula is C8H11BrFN3. The second-order valence-corrected chi connectivity index (χ2v) is 4.13. The Morgan fingerprint density at radius 2 is 2.54 bits per heavy atom. The van der Waals surface area contributed by atoms with Crippen LogP contribution in [0.15, 0.2) is 16.9 Å². The summed E-state index contributed by atoms with van der Waals surface area (Å²) >= 11 is 3.30. The van der Waals surface area contributed by atoms with Crippen LogP contribution in [-0.2, 0) is 0 Å². The van der Waals surface area contributed by atoms with E-state index in [0.29, 0.717) is 6.54 Å². The van der Waals surface area contributed by atoms with Crippen LogP contribution in [0.3, 0.4) is 0 Å². The maximum atomic E-state index is 13.4. The molecule has 1 aliphatic heterocycles. The van der Waals surface area contributed by atoms with E-state index in [4.69, 9.17) is 0 Å². The lowest BCUT2D eigenvalue weighted by Gasteiger charge is -2.26. The van der Waals surface area contributed by atoms with Gasteiger partial charge < -0.3 is 5.32 Å². The number of nitrogens with one attached hydrogen (secondary N) is 1. The molecule has 0 aromatic carbocycles. The Balaban J connectivity index is 2.14. The van der Waals surface area contributed by atoms with Gasteiger partial charge in [-0.25, -0.2) is 4.39 Å². The van der Waals surface area contributed by atoms with Crippen LogP contribution in [0.4, 0.5) is 4.39 Å². The molecule has 0 saturated carbocycles. The van der Waals surface area contributed by atoms with Crippen molar-refractivity contribution in [3.8, 4) is 0 Å². The number of hydrogen-bond acceptors (Lipinski definition) is 2. The molecule has 1 aromatic rings. The summed E-state index contributed by atoms with van der Waals surface area (Å²) in [7, 11) is 0. The molecule has 1 aromatic heterocycles. The maximum absolute atomic E-state index is 13.4. The molecule has 1 N–H and O–H groups in total. The molecule has 5 heteroatoms. The third-order valence-electron chi connectivity index (χ3n) is 2.28. The Kier molecular flexibility index (Phi) is 2.64. The van der Waals surface area contributed by atoms with Gasteiger partial charge in [-0.1, -0.05) is 0 Å². The van der Waals surface area contributed by atoms with Crippen LogP contribution in [-0.4, -0.2) is 29.0 Å². The summed E-state index contributed by atoms with van der Waals surface area (Å²) in [6.07, 6.45) is 3.48. The number of hydrogen-bond donors (Lipinski definition) is 1. The molecule has 2 atom stereocenters. The highest BCUT2D eigenvalue weighted by Gasteiger charge is 2.26. The molecule has 2 heterocycles. The highest BCUT2D eigenvalue weighted by Crippen LogP contribution is 2.22. The van der Waals surface area contributed by atoms with Gasteiger partial charge in [-0.05, 0) is 28.9 Å². The Bertz CT molecular complexity index is 289. The molecule has 72 valence electrons. The molecule has 1 fully saturated rings. The summed E-state index contributed by atoms with van der Waals surface area (Å²) in [5, 5.41) is 7.11. The standard InChI is InChI=1S/C8H11BrFN3/c9-6-3-12-13(5-6)8-1-2-11-4-7(8)10/h3,5,7-8,11H,1-2,4H2. The van der Waals surface area contributed by atoms with E-state index >= 15 is 0 Å². The van der Waals surface area contributed by atoms with Crippen molar-refractivity contribution in [2.75, 3.05) is 13.1 Å². The Morgan fingerprint density at radius 3 is 3.15 bits per heavy atom. The molecule has 13 heavy (non-hydrogen) atoms. The zero-order valence-corrected chi connectivity index (χ0v) is 8.67. The fraction of sp³-hybridized carbons (Fsp3) is 0.625. The van der Waals surface area contributed by atoms with Crippen molar-refractivity contribution in [2.24, 2.45) is 0 Å². The minimum atomic E-state index is -0.833. The van der Waals surface area contributed by atoms with Crippen LogP contribution < -0.4 is 5.32 Å². The maximum Gasteiger partial charge on any atom is 0.135 e. The summed E-state index contributed by atoms with van der Waals surface area (Å²) in [5.74, 6) is 0. The SMILES string of the molecule is FC1CNCCC1n1cc(Br)cn1. The molecule has 1 aliphatic rings. The van der Waals surface area contributed by atoms with Gasteiger partial charge in [0, 0.05) is 12.7 Å². The second kappa shape index (κ2) is 3.75. The van der Waals surface area contributed by atoms with Gasteiger partial charge in [-0.15, -0.1) is 0 Å².